The molecule has 19 heavy (non-hydrogen) atoms. The molecule has 0 spiro atoms. The van der Waals surface area contributed by atoms with Gasteiger partial charge in [0.1, 0.15) is 0 Å². The van der Waals surface area contributed by atoms with E-state index in [0.717, 1.165) is 35.2 Å². The van der Waals surface area contributed by atoms with Crippen molar-refractivity contribution in [3.05, 3.63) is 11.1 Å². The van der Waals surface area contributed by atoms with Crippen LogP contribution in [-0.4, -0.2) is 39.8 Å². The number of anilines is 1. The molecule has 1 aliphatic heterocycles. The largest absolute Gasteiger partial charge is 0.469 e. The van der Waals surface area contributed by atoms with Gasteiger partial charge in [-0.25, -0.2) is 4.98 Å². The van der Waals surface area contributed by atoms with Crippen molar-refractivity contribution in [1.82, 2.24) is 4.98 Å². The topological polar surface area (TPSA) is 68.3 Å². The first kappa shape index (κ1) is 14.5. The van der Waals surface area contributed by atoms with Crippen LogP contribution in [0.25, 0.3) is 0 Å². The van der Waals surface area contributed by atoms with E-state index in [2.05, 4.69) is 15.0 Å². The quantitative estimate of drug-likeness (QED) is 0.836. The van der Waals surface area contributed by atoms with Gasteiger partial charge in [-0.05, 0) is 12.8 Å². The highest BCUT2D eigenvalue weighted by molar-refractivity contribution is 7.85. The van der Waals surface area contributed by atoms with E-state index in [-0.39, 0.29) is 5.97 Å². The summed E-state index contributed by atoms with van der Waals surface area (Å²) in [6.45, 7) is 0. The smallest absolute Gasteiger partial charge is 0.305 e. The summed E-state index contributed by atoms with van der Waals surface area (Å²) in [5.41, 5.74) is 0.914. The number of nitrogens with zero attached hydrogens (tertiary/aromatic N) is 1. The molecule has 7 heteroatoms. The second-order valence-electron chi connectivity index (χ2n) is 4.49. The minimum Gasteiger partial charge on any atom is -0.469 e. The minimum atomic E-state index is -0.632. The van der Waals surface area contributed by atoms with Crippen LogP contribution in [0.1, 0.15) is 25.0 Å². The van der Waals surface area contributed by atoms with Gasteiger partial charge in [0.05, 0.1) is 19.2 Å². The molecule has 2 rings (SSSR count). The first-order valence-electron chi connectivity index (χ1n) is 6.30. The number of hydrogen-bond donors (Lipinski definition) is 1. The molecule has 0 amide bonds. The molecule has 0 unspecified atom stereocenters. The van der Waals surface area contributed by atoms with Gasteiger partial charge in [-0.15, -0.1) is 11.3 Å². The molecule has 106 valence electrons. The Hall–Kier alpha value is -0.950. The van der Waals surface area contributed by atoms with Crippen LogP contribution < -0.4 is 5.32 Å². The van der Waals surface area contributed by atoms with Gasteiger partial charge in [0.25, 0.3) is 0 Å². The van der Waals surface area contributed by atoms with Gasteiger partial charge in [0, 0.05) is 40.1 Å². The van der Waals surface area contributed by atoms with Crippen molar-refractivity contribution in [3.8, 4) is 0 Å². The summed E-state index contributed by atoms with van der Waals surface area (Å²) in [5.74, 6) is 1.34. The molecular formula is C12H18N2O3S2. The van der Waals surface area contributed by atoms with Crippen LogP contribution >= 0.6 is 11.3 Å². The van der Waals surface area contributed by atoms with E-state index < -0.39 is 10.8 Å². The van der Waals surface area contributed by atoms with Crippen molar-refractivity contribution in [3.63, 3.8) is 0 Å². The van der Waals surface area contributed by atoms with Gasteiger partial charge in [-0.3, -0.25) is 9.00 Å². The van der Waals surface area contributed by atoms with E-state index >= 15 is 0 Å². The van der Waals surface area contributed by atoms with Crippen LogP contribution in [-0.2, 0) is 26.8 Å². The van der Waals surface area contributed by atoms with Crippen LogP contribution in [0, 0.1) is 0 Å². The third-order valence-corrected chi connectivity index (χ3v) is 5.28. The zero-order valence-corrected chi connectivity index (χ0v) is 12.5. The van der Waals surface area contributed by atoms with Crippen molar-refractivity contribution < 1.29 is 13.7 Å². The monoisotopic (exact) mass is 302 g/mol. The fraction of sp³-hybridized carbons (Fsp3) is 0.667. The molecular weight excluding hydrogens is 284 g/mol. The number of carbonyl (C=O) groups is 1. The Morgan fingerprint density at radius 2 is 2.32 bits per heavy atom. The Bertz CT molecular complexity index is 452. The van der Waals surface area contributed by atoms with Gasteiger partial charge in [-0.2, -0.15) is 0 Å². The molecule has 0 bridgehead atoms. The van der Waals surface area contributed by atoms with E-state index in [1.54, 1.807) is 11.3 Å². The number of esters is 1. The summed E-state index contributed by atoms with van der Waals surface area (Å²) >= 11 is 1.55. The molecule has 1 aromatic heterocycles. The summed E-state index contributed by atoms with van der Waals surface area (Å²) in [6, 6.07) is 0.373. The molecule has 0 atom stereocenters. The molecule has 1 N–H and O–H groups in total. The number of thiazole rings is 1. The van der Waals surface area contributed by atoms with Crippen LogP contribution in [0.4, 0.5) is 5.13 Å². The lowest BCUT2D eigenvalue weighted by Crippen LogP contribution is -2.29. The fourth-order valence-corrected chi connectivity index (χ4v) is 4.05. The van der Waals surface area contributed by atoms with Crippen molar-refractivity contribution in [1.29, 1.82) is 0 Å². The Morgan fingerprint density at radius 1 is 1.58 bits per heavy atom. The molecule has 0 aliphatic carbocycles. The SMILES string of the molecule is COC(=O)CCc1csc(NC2CCS(=O)CC2)n1. The van der Waals surface area contributed by atoms with E-state index in [1.165, 1.54) is 7.11 Å². The van der Waals surface area contributed by atoms with Gasteiger partial charge < -0.3 is 10.1 Å². The summed E-state index contributed by atoms with van der Waals surface area (Å²) in [7, 11) is 0.761. The third-order valence-electron chi connectivity index (χ3n) is 3.08. The first-order valence-corrected chi connectivity index (χ1v) is 8.67. The van der Waals surface area contributed by atoms with E-state index in [1.807, 2.05) is 5.38 Å². The average Bonchev–Trinajstić information content (AvgIpc) is 2.86. The van der Waals surface area contributed by atoms with Crippen LogP contribution in [0.3, 0.4) is 0 Å². The van der Waals surface area contributed by atoms with Crippen molar-refractivity contribution in [2.45, 2.75) is 31.7 Å². The zero-order valence-electron chi connectivity index (χ0n) is 10.9. The van der Waals surface area contributed by atoms with Crippen molar-refractivity contribution in [2.24, 2.45) is 0 Å². The van der Waals surface area contributed by atoms with Crippen LogP contribution in [0.15, 0.2) is 5.38 Å². The van der Waals surface area contributed by atoms with E-state index in [9.17, 15) is 9.00 Å². The fourth-order valence-electron chi connectivity index (χ4n) is 1.93. The van der Waals surface area contributed by atoms with Crippen LogP contribution in [0.5, 0.6) is 0 Å². The number of hydrogen-bond acceptors (Lipinski definition) is 6. The number of rotatable bonds is 5. The normalized spacial score (nSPS) is 23.0. The molecule has 1 fully saturated rings. The second-order valence-corrected chi connectivity index (χ2v) is 7.04. The Morgan fingerprint density at radius 3 is 3.00 bits per heavy atom. The predicted molar refractivity (Wildman–Crippen MR) is 77.0 cm³/mol. The molecule has 5 nitrogen and oxygen atoms in total. The highest BCUT2D eigenvalue weighted by Crippen LogP contribution is 2.21. The lowest BCUT2D eigenvalue weighted by Gasteiger charge is -2.21. The summed E-state index contributed by atoms with van der Waals surface area (Å²) in [4.78, 5) is 15.5. The predicted octanol–water partition coefficient (Wildman–Crippen LogP) is 1.57. The average molecular weight is 302 g/mol. The summed E-state index contributed by atoms with van der Waals surface area (Å²) in [5, 5.41) is 6.23. The standard InChI is InChI=1S/C12H18N2O3S2/c1-17-11(15)3-2-10-8-18-12(14-10)13-9-4-6-19(16)7-5-9/h8-9H,2-7H2,1H3,(H,13,14). The maximum atomic E-state index is 11.3. The maximum Gasteiger partial charge on any atom is 0.305 e. The zero-order chi connectivity index (χ0) is 13.7. The minimum absolute atomic E-state index is 0.211. The molecule has 0 radical (unpaired) electrons. The number of aryl methyl sites for hydroxylation is 1. The van der Waals surface area contributed by atoms with Crippen LogP contribution in [0.2, 0.25) is 0 Å². The molecule has 1 aromatic rings. The van der Waals surface area contributed by atoms with Gasteiger partial charge in [0.2, 0.25) is 0 Å². The third kappa shape index (κ3) is 4.58. The highest BCUT2D eigenvalue weighted by Gasteiger charge is 2.18. The maximum absolute atomic E-state index is 11.3. The number of nitrogens with one attached hydrogen (secondary N) is 1. The van der Waals surface area contributed by atoms with Crippen molar-refractivity contribution >= 4 is 33.2 Å². The van der Waals surface area contributed by atoms with E-state index in [0.29, 0.717) is 18.9 Å². The number of aromatic nitrogens is 1. The Balaban J connectivity index is 1.80. The summed E-state index contributed by atoms with van der Waals surface area (Å²) in [6.07, 6.45) is 2.84. The number of methoxy groups -OCH3 is 1. The molecule has 0 aromatic carbocycles. The number of carbonyl (C=O) groups excluding carboxylic acids is 1. The first-order chi connectivity index (χ1) is 9.17. The Kier molecular flexibility index (Phi) is 5.33. The molecule has 1 saturated heterocycles. The lowest BCUT2D eigenvalue weighted by atomic mass is 10.2. The summed E-state index contributed by atoms with van der Waals surface area (Å²) < 4.78 is 15.9. The van der Waals surface area contributed by atoms with Gasteiger partial charge in [0.15, 0.2) is 5.13 Å². The number of ether oxygens (including phenoxy) is 1. The highest BCUT2D eigenvalue weighted by atomic mass is 32.2. The second kappa shape index (κ2) is 7.00. The molecule has 2 heterocycles. The lowest BCUT2D eigenvalue weighted by molar-refractivity contribution is -0.140. The van der Waals surface area contributed by atoms with Gasteiger partial charge in [-0.1, -0.05) is 0 Å². The van der Waals surface area contributed by atoms with Crippen molar-refractivity contribution in [2.75, 3.05) is 23.9 Å². The molecule has 0 saturated carbocycles. The van der Waals surface area contributed by atoms with E-state index in [4.69, 9.17) is 0 Å². The Labute approximate surface area is 119 Å². The molecule has 1 aliphatic rings. The van der Waals surface area contributed by atoms with Gasteiger partial charge >= 0.3 is 5.97 Å².